The lowest BCUT2D eigenvalue weighted by Crippen LogP contribution is -2.42. The lowest BCUT2D eigenvalue weighted by molar-refractivity contribution is -0.155. The third-order valence-corrected chi connectivity index (χ3v) is 3.69. The number of rotatable bonds is 10. The molecule has 0 fully saturated rings. The molecule has 0 saturated carbocycles. The van der Waals surface area contributed by atoms with E-state index in [-0.39, 0.29) is 26.4 Å². The molecule has 0 aromatic carbocycles. The van der Waals surface area contributed by atoms with Crippen LogP contribution in [0, 0.1) is 5.92 Å². The normalized spacial score (nSPS) is 14.3. The van der Waals surface area contributed by atoms with E-state index in [1.807, 2.05) is 0 Å². The molecule has 0 aromatic heterocycles. The Kier molecular flexibility index (Phi) is 9.09. The Labute approximate surface area is 123 Å². The van der Waals surface area contributed by atoms with Gasteiger partial charge in [0.2, 0.25) is 0 Å². The predicted molar refractivity (Wildman–Crippen MR) is 70.2 cm³/mol. The smallest absolute Gasteiger partial charge is 0.327 e. The fourth-order valence-electron chi connectivity index (χ4n) is 1.37. The molecule has 10 heteroatoms. The molecule has 1 N–H and O–H groups in total. The zero-order valence-electron chi connectivity index (χ0n) is 12.1. The molecule has 2 unspecified atom stereocenters. The highest BCUT2D eigenvalue weighted by Crippen LogP contribution is 2.16. The monoisotopic (exact) mass is 328 g/mol. The number of ether oxygens (including phenoxy) is 4. The average Bonchev–Trinajstić information content (AvgIpc) is 2.37. The van der Waals surface area contributed by atoms with Gasteiger partial charge in [-0.3, -0.25) is 14.1 Å². The fourth-order valence-corrected chi connectivity index (χ4v) is 2.31. The third kappa shape index (κ3) is 7.37. The maximum atomic E-state index is 11.7. The van der Waals surface area contributed by atoms with E-state index in [1.165, 1.54) is 14.2 Å². The molecule has 124 valence electrons. The number of carbonyl (C=O) groups excluding carboxylic acids is 2. The Morgan fingerprint density at radius 2 is 1.38 bits per heavy atom. The van der Waals surface area contributed by atoms with Gasteiger partial charge in [0, 0.05) is 14.2 Å². The molecule has 0 aliphatic heterocycles. The zero-order valence-corrected chi connectivity index (χ0v) is 12.9. The lowest BCUT2D eigenvalue weighted by atomic mass is 10.1. The van der Waals surface area contributed by atoms with Crippen molar-refractivity contribution in [1.82, 2.24) is 0 Å². The van der Waals surface area contributed by atoms with Crippen LogP contribution in [0.3, 0.4) is 0 Å². The van der Waals surface area contributed by atoms with Gasteiger partial charge in [0.05, 0.1) is 19.1 Å². The van der Waals surface area contributed by atoms with E-state index < -0.39 is 33.2 Å². The van der Waals surface area contributed by atoms with Crippen molar-refractivity contribution < 1.29 is 41.5 Å². The molecule has 0 aromatic rings. The summed E-state index contributed by atoms with van der Waals surface area (Å²) in [6, 6.07) is 0. The Morgan fingerprint density at radius 3 is 1.76 bits per heavy atom. The van der Waals surface area contributed by atoms with E-state index in [0.29, 0.717) is 0 Å². The predicted octanol–water partition coefficient (Wildman–Crippen LogP) is -0.742. The Morgan fingerprint density at radius 1 is 0.952 bits per heavy atom. The number of esters is 2. The third-order valence-electron chi connectivity index (χ3n) is 2.44. The zero-order chi connectivity index (χ0) is 16.5. The molecule has 0 aliphatic carbocycles. The maximum absolute atomic E-state index is 11.7. The number of hydrogen-bond donors (Lipinski definition) is 1. The van der Waals surface area contributed by atoms with Crippen LogP contribution in [-0.2, 0) is 38.7 Å². The van der Waals surface area contributed by atoms with Crippen LogP contribution < -0.4 is 0 Å². The molecule has 2 atom stereocenters. The van der Waals surface area contributed by atoms with Gasteiger partial charge in [-0.05, 0) is 6.92 Å². The van der Waals surface area contributed by atoms with E-state index in [4.69, 9.17) is 9.29 Å². The van der Waals surface area contributed by atoms with Crippen LogP contribution in [0.25, 0.3) is 0 Å². The second-order valence-electron chi connectivity index (χ2n) is 4.04. The number of methoxy groups -OCH3 is 2. The van der Waals surface area contributed by atoms with Crippen LogP contribution in [0.1, 0.15) is 6.92 Å². The van der Waals surface area contributed by atoms with Crippen molar-refractivity contribution in [3.05, 3.63) is 0 Å². The van der Waals surface area contributed by atoms with Gasteiger partial charge in [-0.1, -0.05) is 0 Å². The number of carbonyl (C=O) groups is 2. The van der Waals surface area contributed by atoms with Gasteiger partial charge in [0.1, 0.15) is 13.2 Å². The van der Waals surface area contributed by atoms with Gasteiger partial charge in [0.25, 0.3) is 10.1 Å². The molecule has 0 heterocycles. The van der Waals surface area contributed by atoms with Crippen molar-refractivity contribution in [2.24, 2.45) is 5.92 Å². The highest BCUT2D eigenvalue weighted by atomic mass is 32.2. The SMILES string of the molecule is COCCOC(=O)C(C)C(C(=O)OCCOC)S(=O)(=O)O. The van der Waals surface area contributed by atoms with Gasteiger partial charge in [-0.25, -0.2) is 0 Å². The Hall–Kier alpha value is -1.23. The minimum atomic E-state index is -4.82. The summed E-state index contributed by atoms with van der Waals surface area (Å²) in [5.74, 6) is -3.63. The first kappa shape index (κ1) is 19.8. The van der Waals surface area contributed by atoms with Crippen molar-refractivity contribution in [1.29, 1.82) is 0 Å². The van der Waals surface area contributed by atoms with Crippen molar-refractivity contribution in [2.45, 2.75) is 12.2 Å². The van der Waals surface area contributed by atoms with Crippen molar-refractivity contribution in [3.63, 3.8) is 0 Å². The lowest BCUT2D eigenvalue weighted by Gasteiger charge is -2.18. The molecular formula is C11H20O9S. The molecule has 0 spiro atoms. The first-order chi connectivity index (χ1) is 9.75. The second kappa shape index (κ2) is 9.66. The van der Waals surface area contributed by atoms with E-state index >= 15 is 0 Å². The van der Waals surface area contributed by atoms with Gasteiger partial charge in [-0.15, -0.1) is 0 Å². The van der Waals surface area contributed by atoms with E-state index in [2.05, 4.69) is 14.2 Å². The van der Waals surface area contributed by atoms with Crippen LogP contribution in [-0.4, -0.2) is 70.8 Å². The van der Waals surface area contributed by atoms with Gasteiger partial charge < -0.3 is 18.9 Å². The molecule has 0 amide bonds. The molecule has 0 aliphatic rings. The highest BCUT2D eigenvalue weighted by Gasteiger charge is 2.42. The van der Waals surface area contributed by atoms with Gasteiger partial charge in [0.15, 0.2) is 5.25 Å². The molecule has 0 saturated heterocycles. The molecule has 0 rings (SSSR count). The van der Waals surface area contributed by atoms with Crippen LogP contribution in [0.15, 0.2) is 0 Å². The Balaban J connectivity index is 4.82. The minimum Gasteiger partial charge on any atom is -0.463 e. The summed E-state index contributed by atoms with van der Waals surface area (Å²) in [4.78, 5) is 23.3. The quantitative estimate of drug-likeness (QED) is 0.313. The van der Waals surface area contributed by atoms with E-state index in [1.54, 1.807) is 0 Å². The van der Waals surface area contributed by atoms with Crippen LogP contribution in [0.5, 0.6) is 0 Å². The molecule has 0 bridgehead atoms. The van der Waals surface area contributed by atoms with E-state index in [9.17, 15) is 18.0 Å². The summed E-state index contributed by atoms with van der Waals surface area (Å²) < 4.78 is 50.3. The fraction of sp³-hybridized carbons (Fsp3) is 0.818. The minimum absolute atomic E-state index is 0.0522. The maximum Gasteiger partial charge on any atom is 0.327 e. The highest BCUT2D eigenvalue weighted by molar-refractivity contribution is 7.87. The van der Waals surface area contributed by atoms with Crippen molar-refractivity contribution in [2.75, 3.05) is 40.6 Å². The first-order valence-corrected chi connectivity index (χ1v) is 7.53. The van der Waals surface area contributed by atoms with Crippen molar-refractivity contribution >= 4 is 22.1 Å². The summed E-state index contributed by atoms with van der Waals surface area (Å²) in [7, 11) is -2.06. The van der Waals surface area contributed by atoms with Crippen LogP contribution in [0.2, 0.25) is 0 Å². The molecule has 0 radical (unpaired) electrons. The first-order valence-electron chi connectivity index (χ1n) is 6.03. The topological polar surface area (TPSA) is 125 Å². The molecule has 21 heavy (non-hydrogen) atoms. The summed E-state index contributed by atoms with van der Waals surface area (Å²) >= 11 is 0. The van der Waals surface area contributed by atoms with Crippen molar-refractivity contribution in [3.8, 4) is 0 Å². The summed E-state index contributed by atoms with van der Waals surface area (Å²) in [5.41, 5.74) is 0. The Bertz CT molecular complexity index is 431. The van der Waals surface area contributed by atoms with Gasteiger partial charge in [-0.2, -0.15) is 8.42 Å². The largest absolute Gasteiger partial charge is 0.463 e. The van der Waals surface area contributed by atoms with Crippen LogP contribution in [0.4, 0.5) is 0 Å². The van der Waals surface area contributed by atoms with Gasteiger partial charge >= 0.3 is 11.9 Å². The second-order valence-corrected chi connectivity index (χ2v) is 5.58. The average molecular weight is 328 g/mol. The summed E-state index contributed by atoms with van der Waals surface area (Å²) in [5, 5.41) is -2.05. The summed E-state index contributed by atoms with van der Waals surface area (Å²) in [6.45, 7) is 1.01. The van der Waals surface area contributed by atoms with Crippen LogP contribution >= 0.6 is 0 Å². The van der Waals surface area contributed by atoms with E-state index in [0.717, 1.165) is 6.92 Å². The number of hydrogen-bond acceptors (Lipinski definition) is 8. The molecular weight excluding hydrogens is 308 g/mol. The summed E-state index contributed by atoms with van der Waals surface area (Å²) in [6.07, 6.45) is 0. The molecule has 9 nitrogen and oxygen atoms in total. The standard InChI is InChI=1S/C11H20O9S/c1-8(10(12)19-6-4-17-2)9(21(14,15)16)11(13)20-7-5-18-3/h8-9H,4-7H2,1-3H3,(H,14,15,16).